The number of hydrogen-bond acceptors (Lipinski definition) is 2. The van der Waals surface area contributed by atoms with E-state index >= 15 is 0 Å². The van der Waals surface area contributed by atoms with Crippen molar-refractivity contribution in [3.63, 3.8) is 0 Å². The lowest BCUT2D eigenvalue weighted by molar-refractivity contribution is -0.136. The number of hydrogen-bond donors (Lipinski definition) is 1. The first-order valence-corrected chi connectivity index (χ1v) is 7.44. The molecule has 20 heavy (non-hydrogen) atoms. The van der Waals surface area contributed by atoms with E-state index in [4.69, 9.17) is 0 Å². The molecule has 0 aromatic heterocycles. The molecule has 0 fully saturated rings. The highest BCUT2D eigenvalue weighted by Gasteiger charge is 2.19. The normalized spacial score (nSPS) is 12.1. The minimum Gasteiger partial charge on any atom is -0.480 e. The predicted octanol–water partition coefficient (Wildman–Crippen LogP) is 4.09. The number of thioether (sulfide) groups is 1. The average molecular weight is 286 g/mol. The molecule has 1 atom stereocenters. The van der Waals surface area contributed by atoms with E-state index in [0.29, 0.717) is 6.42 Å². The molecule has 0 saturated carbocycles. The molecule has 0 amide bonds. The van der Waals surface area contributed by atoms with Crippen LogP contribution in [0, 0.1) is 13.8 Å². The first-order valence-electron chi connectivity index (χ1n) is 6.56. The lowest BCUT2D eigenvalue weighted by atomic mass is 10.1. The molecule has 0 heterocycles. The van der Waals surface area contributed by atoms with Gasteiger partial charge in [-0.2, -0.15) is 0 Å². The number of carboxylic acids is 1. The van der Waals surface area contributed by atoms with Gasteiger partial charge in [-0.25, -0.2) is 0 Å². The molecule has 0 bridgehead atoms. The zero-order chi connectivity index (χ0) is 14.5. The summed E-state index contributed by atoms with van der Waals surface area (Å²) < 4.78 is 0. The van der Waals surface area contributed by atoms with Gasteiger partial charge in [-0.15, -0.1) is 11.8 Å². The van der Waals surface area contributed by atoms with Crippen LogP contribution < -0.4 is 0 Å². The van der Waals surface area contributed by atoms with Gasteiger partial charge in [-0.05, 0) is 38.0 Å². The van der Waals surface area contributed by atoms with Crippen molar-refractivity contribution in [3.8, 4) is 0 Å². The standard InChI is InChI=1S/C17H18O2S/c1-12-3-7-14(8-4-12)11-16(17(18)19)20-15-9-5-13(2)6-10-15/h3-10,16H,11H2,1-2H3,(H,18,19)/t16-/m0/s1. The summed E-state index contributed by atoms with van der Waals surface area (Å²) in [5.74, 6) is -0.767. The van der Waals surface area contributed by atoms with E-state index in [1.807, 2.05) is 62.4 Å². The second kappa shape index (κ2) is 6.62. The van der Waals surface area contributed by atoms with Gasteiger partial charge in [0.15, 0.2) is 0 Å². The molecule has 0 radical (unpaired) electrons. The van der Waals surface area contributed by atoms with Crippen LogP contribution in [-0.4, -0.2) is 16.3 Å². The van der Waals surface area contributed by atoms with E-state index < -0.39 is 11.2 Å². The van der Waals surface area contributed by atoms with Crippen molar-refractivity contribution < 1.29 is 9.90 Å². The second-order valence-electron chi connectivity index (χ2n) is 4.95. The largest absolute Gasteiger partial charge is 0.480 e. The maximum absolute atomic E-state index is 11.4. The maximum Gasteiger partial charge on any atom is 0.317 e. The number of carboxylic acid groups (broad SMARTS) is 1. The van der Waals surface area contributed by atoms with Gasteiger partial charge in [0.05, 0.1) is 0 Å². The molecule has 0 aliphatic rings. The Morgan fingerprint density at radius 2 is 1.50 bits per heavy atom. The molecule has 1 N–H and O–H groups in total. The molecular formula is C17H18O2S. The Morgan fingerprint density at radius 3 is 2.00 bits per heavy atom. The minimum atomic E-state index is -0.767. The SMILES string of the molecule is Cc1ccc(C[C@H](Sc2ccc(C)cc2)C(=O)O)cc1. The van der Waals surface area contributed by atoms with Gasteiger partial charge in [0.1, 0.15) is 5.25 Å². The first kappa shape index (κ1) is 14.7. The van der Waals surface area contributed by atoms with E-state index in [1.165, 1.54) is 22.9 Å². The zero-order valence-corrected chi connectivity index (χ0v) is 12.5. The van der Waals surface area contributed by atoms with Crippen LogP contribution in [0.15, 0.2) is 53.4 Å². The van der Waals surface area contributed by atoms with Crippen molar-refractivity contribution >= 4 is 17.7 Å². The van der Waals surface area contributed by atoms with Crippen molar-refractivity contribution in [2.45, 2.75) is 30.4 Å². The summed E-state index contributed by atoms with van der Waals surface area (Å²) >= 11 is 1.41. The van der Waals surface area contributed by atoms with E-state index in [2.05, 4.69) is 0 Å². The highest BCUT2D eigenvalue weighted by atomic mass is 32.2. The summed E-state index contributed by atoms with van der Waals surface area (Å²) in [6, 6.07) is 16.0. The smallest absolute Gasteiger partial charge is 0.317 e. The monoisotopic (exact) mass is 286 g/mol. The molecular weight excluding hydrogens is 268 g/mol. The van der Waals surface area contributed by atoms with Crippen molar-refractivity contribution in [1.29, 1.82) is 0 Å². The van der Waals surface area contributed by atoms with Gasteiger partial charge in [-0.3, -0.25) is 4.79 Å². The van der Waals surface area contributed by atoms with Crippen LogP contribution in [-0.2, 0) is 11.2 Å². The summed E-state index contributed by atoms with van der Waals surface area (Å²) in [6.45, 7) is 4.05. The molecule has 104 valence electrons. The van der Waals surface area contributed by atoms with Gasteiger partial charge in [0.2, 0.25) is 0 Å². The molecule has 3 heteroatoms. The van der Waals surface area contributed by atoms with Crippen molar-refractivity contribution in [2.75, 3.05) is 0 Å². The van der Waals surface area contributed by atoms with E-state index in [-0.39, 0.29) is 0 Å². The quantitative estimate of drug-likeness (QED) is 0.841. The van der Waals surface area contributed by atoms with Crippen LogP contribution in [0.5, 0.6) is 0 Å². The lowest BCUT2D eigenvalue weighted by Crippen LogP contribution is -2.19. The van der Waals surface area contributed by atoms with Crippen molar-refractivity contribution in [2.24, 2.45) is 0 Å². The third kappa shape index (κ3) is 4.14. The highest BCUT2D eigenvalue weighted by Crippen LogP contribution is 2.26. The van der Waals surface area contributed by atoms with Crippen LogP contribution in [0.25, 0.3) is 0 Å². The van der Waals surface area contributed by atoms with Crippen LogP contribution in [0.3, 0.4) is 0 Å². The second-order valence-corrected chi connectivity index (χ2v) is 6.22. The van der Waals surface area contributed by atoms with E-state index in [9.17, 15) is 9.90 Å². The summed E-state index contributed by atoms with van der Waals surface area (Å²) in [4.78, 5) is 12.4. The fourth-order valence-corrected chi connectivity index (χ4v) is 2.90. The van der Waals surface area contributed by atoms with Crippen LogP contribution in [0.1, 0.15) is 16.7 Å². The van der Waals surface area contributed by atoms with E-state index in [1.54, 1.807) is 0 Å². The third-order valence-electron chi connectivity index (χ3n) is 3.12. The Bertz CT molecular complexity index is 525. The van der Waals surface area contributed by atoms with Crippen molar-refractivity contribution in [3.05, 3.63) is 65.2 Å². The fraction of sp³-hybridized carbons (Fsp3) is 0.235. The third-order valence-corrected chi connectivity index (χ3v) is 4.31. The van der Waals surface area contributed by atoms with Crippen LogP contribution >= 0.6 is 11.8 Å². The molecule has 2 nitrogen and oxygen atoms in total. The molecule has 2 aromatic carbocycles. The first-order chi connectivity index (χ1) is 9.54. The molecule has 0 unspecified atom stereocenters. The lowest BCUT2D eigenvalue weighted by Gasteiger charge is -2.12. The topological polar surface area (TPSA) is 37.3 Å². The molecule has 2 aromatic rings. The van der Waals surface area contributed by atoms with Gasteiger partial charge >= 0.3 is 5.97 Å². The highest BCUT2D eigenvalue weighted by molar-refractivity contribution is 8.00. The zero-order valence-electron chi connectivity index (χ0n) is 11.7. The summed E-state index contributed by atoms with van der Waals surface area (Å²) in [5.41, 5.74) is 3.43. The Balaban J connectivity index is 2.09. The molecule has 2 rings (SSSR count). The van der Waals surface area contributed by atoms with Gasteiger partial charge in [0, 0.05) is 4.90 Å². The Kier molecular flexibility index (Phi) is 4.85. The minimum absolute atomic E-state index is 0.458. The Morgan fingerprint density at radius 1 is 1.00 bits per heavy atom. The number of rotatable bonds is 5. The molecule has 0 saturated heterocycles. The number of carbonyl (C=O) groups is 1. The van der Waals surface area contributed by atoms with E-state index in [0.717, 1.165) is 10.5 Å². The van der Waals surface area contributed by atoms with Gasteiger partial charge in [0.25, 0.3) is 0 Å². The molecule has 0 spiro atoms. The molecule has 0 aliphatic carbocycles. The van der Waals surface area contributed by atoms with Gasteiger partial charge < -0.3 is 5.11 Å². The van der Waals surface area contributed by atoms with Crippen LogP contribution in [0.4, 0.5) is 0 Å². The predicted molar refractivity (Wildman–Crippen MR) is 83.3 cm³/mol. The fourth-order valence-electron chi connectivity index (χ4n) is 1.90. The van der Waals surface area contributed by atoms with Crippen LogP contribution in [0.2, 0.25) is 0 Å². The number of benzene rings is 2. The summed E-state index contributed by atoms with van der Waals surface area (Å²) in [6.07, 6.45) is 0.536. The maximum atomic E-state index is 11.4. The van der Waals surface area contributed by atoms with Crippen molar-refractivity contribution in [1.82, 2.24) is 0 Å². The average Bonchev–Trinajstić information content (AvgIpc) is 2.42. The summed E-state index contributed by atoms with van der Waals surface area (Å²) in [5, 5.41) is 8.93. The summed E-state index contributed by atoms with van der Waals surface area (Å²) in [7, 11) is 0. The molecule has 0 aliphatic heterocycles. The number of aliphatic carboxylic acids is 1. The van der Waals surface area contributed by atoms with Gasteiger partial charge in [-0.1, -0.05) is 47.5 Å². The number of aryl methyl sites for hydroxylation is 2. The Hall–Kier alpha value is -1.74. The Labute approximate surface area is 123 Å².